The molecule has 4 rings (SSSR count). The lowest BCUT2D eigenvalue weighted by atomic mass is 9.82. The van der Waals surface area contributed by atoms with Crippen LogP contribution in [0.15, 0.2) is 42.7 Å². The molecule has 0 saturated carbocycles. The molecule has 1 aromatic carbocycles. The molecule has 1 aliphatic heterocycles. The van der Waals surface area contributed by atoms with Crippen molar-refractivity contribution in [3.8, 4) is 0 Å². The molecule has 0 unspecified atom stereocenters. The molecule has 0 radical (unpaired) electrons. The third kappa shape index (κ3) is 2.77. The molecule has 3 heterocycles. The Labute approximate surface area is 156 Å². The lowest BCUT2D eigenvalue weighted by Crippen LogP contribution is -2.40. The molecule has 0 spiro atoms. The van der Waals surface area contributed by atoms with Crippen molar-refractivity contribution in [3.63, 3.8) is 0 Å². The lowest BCUT2D eigenvalue weighted by Gasteiger charge is -2.37. The van der Waals surface area contributed by atoms with Gasteiger partial charge < -0.3 is 9.47 Å². The largest absolute Gasteiger partial charge is 0.319 e. The van der Waals surface area contributed by atoms with Crippen LogP contribution < -0.4 is 0 Å². The van der Waals surface area contributed by atoms with Gasteiger partial charge in [0.2, 0.25) is 0 Å². The van der Waals surface area contributed by atoms with Crippen LogP contribution in [0, 0.1) is 6.92 Å². The normalized spacial score (nSPS) is 17.5. The first-order chi connectivity index (χ1) is 12.4. The molecule has 0 bridgehead atoms. The molecule has 3 heteroatoms. The van der Waals surface area contributed by atoms with E-state index in [0.29, 0.717) is 0 Å². The first-order valence-electron chi connectivity index (χ1n) is 9.28. The highest BCUT2D eigenvalue weighted by Crippen LogP contribution is 2.40. The van der Waals surface area contributed by atoms with Crippen LogP contribution in [0.2, 0.25) is 0 Å². The second-order valence-electron chi connectivity index (χ2n) is 8.32. The van der Waals surface area contributed by atoms with Crippen molar-refractivity contribution in [1.82, 2.24) is 14.5 Å². The first-order valence-corrected chi connectivity index (χ1v) is 9.28. The van der Waals surface area contributed by atoms with Crippen molar-refractivity contribution in [2.24, 2.45) is 0 Å². The Balaban J connectivity index is 2.01. The Hall–Kier alpha value is -2.39. The fourth-order valence-electron chi connectivity index (χ4n) is 4.48. The fourth-order valence-corrected chi connectivity index (χ4v) is 4.48. The zero-order valence-electron chi connectivity index (χ0n) is 16.4. The molecule has 0 amide bonds. The Bertz CT molecular complexity index is 993. The third-order valence-electron chi connectivity index (χ3n) is 5.46. The summed E-state index contributed by atoms with van der Waals surface area (Å²) in [6.07, 6.45) is 6.02. The molecule has 0 fully saturated rings. The van der Waals surface area contributed by atoms with E-state index >= 15 is 0 Å². The summed E-state index contributed by atoms with van der Waals surface area (Å²) < 4.78 is 2.44. The summed E-state index contributed by atoms with van der Waals surface area (Å²) in [5.41, 5.74) is 8.11. The van der Waals surface area contributed by atoms with Crippen molar-refractivity contribution >= 4 is 22.7 Å². The number of benzene rings is 1. The van der Waals surface area contributed by atoms with Crippen LogP contribution in [0.25, 0.3) is 22.7 Å². The summed E-state index contributed by atoms with van der Waals surface area (Å²) in [5, 5.41) is 1.39. The summed E-state index contributed by atoms with van der Waals surface area (Å²) in [5.74, 6) is 0. The number of aryl methyl sites for hydroxylation is 1. The van der Waals surface area contributed by atoms with E-state index in [9.17, 15) is 0 Å². The SMILES string of the molecule is C/C(=C\n1c2c(c3cc(C)ccc31)CN(C)CC2(C)C)c1ccncc1. The zero-order valence-corrected chi connectivity index (χ0v) is 16.4. The van der Waals surface area contributed by atoms with Crippen molar-refractivity contribution in [2.75, 3.05) is 13.6 Å². The van der Waals surface area contributed by atoms with E-state index in [1.54, 1.807) is 0 Å². The summed E-state index contributed by atoms with van der Waals surface area (Å²) in [7, 11) is 2.22. The first kappa shape index (κ1) is 17.0. The number of allylic oxidation sites excluding steroid dienone is 1. The maximum absolute atomic E-state index is 4.15. The number of fused-ring (bicyclic) bond motifs is 3. The minimum atomic E-state index is 0.101. The van der Waals surface area contributed by atoms with Gasteiger partial charge in [-0.3, -0.25) is 4.98 Å². The van der Waals surface area contributed by atoms with Crippen LogP contribution in [0.4, 0.5) is 0 Å². The highest BCUT2D eigenvalue weighted by molar-refractivity contribution is 5.91. The minimum absolute atomic E-state index is 0.101. The van der Waals surface area contributed by atoms with Gasteiger partial charge in [0, 0.05) is 48.2 Å². The Morgan fingerprint density at radius 3 is 2.62 bits per heavy atom. The Morgan fingerprint density at radius 2 is 1.88 bits per heavy atom. The standard InChI is InChI=1S/C23H27N3/c1-16-6-7-21-19(12-16)20-14-25(5)15-23(3,4)22(20)26(21)13-17(2)18-8-10-24-11-9-18/h6-13H,14-15H2,1-5H3/b17-13+. The molecular formula is C23H27N3. The topological polar surface area (TPSA) is 21.1 Å². The Kier molecular flexibility index (Phi) is 4.00. The van der Waals surface area contributed by atoms with Gasteiger partial charge in [-0.1, -0.05) is 25.5 Å². The monoisotopic (exact) mass is 345 g/mol. The fraction of sp³-hybridized carbons (Fsp3) is 0.348. The molecule has 2 aromatic heterocycles. The summed E-state index contributed by atoms with van der Waals surface area (Å²) in [6, 6.07) is 11.0. The van der Waals surface area contributed by atoms with Gasteiger partial charge in [-0.25, -0.2) is 0 Å². The maximum atomic E-state index is 4.15. The van der Waals surface area contributed by atoms with Crippen LogP contribution in [0.1, 0.15) is 43.2 Å². The van der Waals surface area contributed by atoms with Crippen molar-refractivity contribution in [1.29, 1.82) is 0 Å². The third-order valence-corrected chi connectivity index (χ3v) is 5.46. The second kappa shape index (κ2) is 6.10. The van der Waals surface area contributed by atoms with Gasteiger partial charge in [-0.2, -0.15) is 0 Å². The van der Waals surface area contributed by atoms with E-state index < -0.39 is 0 Å². The highest BCUT2D eigenvalue weighted by Gasteiger charge is 2.35. The molecule has 0 aliphatic carbocycles. The van der Waals surface area contributed by atoms with Crippen LogP contribution in [-0.2, 0) is 12.0 Å². The van der Waals surface area contributed by atoms with E-state index in [-0.39, 0.29) is 5.41 Å². The smallest absolute Gasteiger partial charge is 0.0529 e. The van der Waals surface area contributed by atoms with Gasteiger partial charge in [0.15, 0.2) is 0 Å². The number of rotatable bonds is 2. The summed E-state index contributed by atoms with van der Waals surface area (Å²) in [4.78, 5) is 6.58. The average molecular weight is 345 g/mol. The second-order valence-corrected chi connectivity index (χ2v) is 8.32. The molecule has 26 heavy (non-hydrogen) atoms. The number of hydrogen-bond acceptors (Lipinski definition) is 2. The van der Waals surface area contributed by atoms with Gasteiger partial charge in [0.25, 0.3) is 0 Å². The Morgan fingerprint density at radius 1 is 1.15 bits per heavy atom. The minimum Gasteiger partial charge on any atom is -0.319 e. The molecule has 3 aromatic rings. The van der Waals surface area contributed by atoms with E-state index in [1.165, 1.54) is 38.9 Å². The van der Waals surface area contributed by atoms with Crippen molar-refractivity contribution in [3.05, 3.63) is 65.1 Å². The van der Waals surface area contributed by atoms with Gasteiger partial charge in [0.1, 0.15) is 0 Å². The van der Waals surface area contributed by atoms with Crippen molar-refractivity contribution < 1.29 is 0 Å². The van der Waals surface area contributed by atoms with E-state index in [1.807, 2.05) is 12.4 Å². The number of hydrogen-bond donors (Lipinski definition) is 0. The maximum Gasteiger partial charge on any atom is 0.0529 e. The number of pyridine rings is 1. The van der Waals surface area contributed by atoms with E-state index in [0.717, 1.165) is 13.1 Å². The molecule has 1 aliphatic rings. The van der Waals surface area contributed by atoms with Gasteiger partial charge in [-0.15, -0.1) is 0 Å². The molecule has 134 valence electrons. The summed E-state index contributed by atoms with van der Waals surface area (Å²) >= 11 is 0. The number of nitrogens with zero attached hydrogens (tertiary/aromatic N) is 3. The molecule has 0 N–H and O–H groups in total. The molecule has 0 atom stereocenters. The number of aromatic nitrogens is 2. The predicted molar refractivity (Wildman–Crippen MR) is 110 cm³/mol. The highest BCUT2D eigenvalue weighted by atomic mass is 15.1. The quantitative estimate of drug-likeness (QED) is 0.645. The zero-order chi connectivity index (χ0) is 18.5. The van der Waals surface area contributed by atoms with Crippen molar-refractivity contribution in [2.45, 2.75) is 39.7 Å². The van der Waals surface area contributed by atoms with Gasteiger partial charge in [-0.05, 0) is 61.9 Å². The lowest BCUT2D eigenvalue weighted by molar-refractivity contribution is 0.232. The van der Waals surface area contributed by atoms with Crippen LogP contribution in [0.3, 0.4) is 0 Å². The molecular weight excluding hydrogens is 318 g/mol. The van der Waals surface area contributed by atoms with Gasteiger partial charge in [0.05, 0.1) is 5.52 Å². The molecule has 3 nitrogen and oxygen atoms in total. The van der Waals surface area contributed by atoms with E-state index in [2.05, 4.69) is 85.7 Å². The van der Waals surface area contributed by atoms with E-state index in [4.69, 9.17) is 0 Å². The predicted octanol–water partition coefficient (Wildman–Crippen LogP) is 5.09. The van der Waals surface area contributed by atoms with Crippen LogP contribution in [0.5, 0.6) is 0 Å². The summed E-state index contributed by atoms with van der Waals surface area (Å²) in [6.45, 7) is 11.2. The van der Waals surface area contributed by atoms with Gasteiger partial charge >= 0.3 is 0 Å². The average Bonchev–Trinajstić information content (AvgIpc) is 2.89. The number of likely N-dealkylation sites (N-methyl/N-ethyl adjacent to an activating group) is 1. The van der Waals surface area contributed by atoms with Crippen LogP contribution in [-0.4, -0.2) is 28.0 Å². The molecule has 0 saturated heterocycles. The van der Waals surface area contributed by atoms with Crippen LogP contribution >= 0.6 is 0 Å².